The van der Waals surface area contributed by atoms with Crippen LogP contribution in [-0.2, 0) is 19.5 Å². The van der Waals surface area contributed by atoms with Gasteiger partial charge in [-0.25, -0.2) is 0 Å². The molecule has 0 fully saturated rings. The van der Waals surface area contributed by atoms with Gasteiger partial charge in [0.15, 0.2) is 5.96 Å². The second kappa shape index (κ2) is 6.45. The van der Waals surface area contributed by atoms with Crippen LogP contribution < -0.4 is 0 Å². The lowest BCUT2D eigenvalue weighted by atomic mass is 10.0. The summed E-state index contributed by atoms with van der Waals surface area (Å²) in [6.07, 6.45) is 2.38. The number of aryl methyl sites for hydroxylation is 1. The highest BCUT2D eigenvalue weighted by molar-refractivity contribution is 5.81. The Morgan fingerprint density at radius 3 is 2.52 bits per heavy atom. The minimum Gasteiger partial charge on any atom is -0.338 e. The summed E-state index contributed by atoms with van der Waals surface area (Å²) in [5.74, 6) is 1.19. The molecule has 3 heteroatoms. The quantitative estimate of drug-likeness (QED) is 0.848. The van der Waals surface area contributed by atoms with E-state index in [1.165, 1.54) is 35.5 Å². The van der Waals surface area contributed by atoms with Crippen molar-refractivity contribution in [3.63, 3.8) is 0 Å². The van der Waals surface area contributed by atoms with E-state index in [0.29, 0.717) is 0 Å². The maximum Gasteiger partial charge on any atom is 0.197 e. The zero-order valence-corrected chi connectivity index (χ0v) is 13.5. The van der Waals surface area contributed by atoms with Gasteiger partial charge >= 0.3 is 0 Å². The third-order valence-electron chi connectivity index (χ3n) is 4.76. The van der Waals surface area contributed by atoms with E-state index in [2.05, 4.69) is 64.4 Å². The molecule has 0 bridgehead atoms. The van der Waals surface area contributed by atoms with Crippen LogP contribution in [0.1, 0.15) is 23.1 Å². The number of hydrogen-bond donors (Lipinski definition) is 0. The van der Waals surface area contributed by atoms with Gasteiger partial charge < -0.3 is 9.80 Å². The molecule has 0 atom stereocenters. The van der Waals surface area contributed by atoms with Gasteiger partial charge in [0.1, 0.15) is 0 Å². The Hall–Kier alpha value is -2.29. The van der Waals surface area contributed by atoms with Crippen molar-refractivity contribution < 1.29 is 0 Å². The van der Waals surface area contributed by atoms with Crippen LogP contribution in [0.15, 0.2) is 59.6 Å². The topological polar surface area (TPSA) is 18.8 Å². The van der Waals surface area contributed by atoms with E-state index in [-0.39, 0.29) is 0 Å². The van der Waals surface area contributed by atoms with E-state index >= 15 is 0 Å². The number of aliphatic imine (C=N–C) groups is 1. The molecule has 118 valence electrons. The molecule has 0 spiro atoms. The predicted molar refractivity (Wildman–Crippen MR) is 94.3 cm³/mol. The molecule has 4 rings (SSSR count). The summed E-state index contributed by atoms with van der Waals surface area (Å²) >= 11 is 0. The van der Waals surface area contributed by atoms with E-state index in [0.717, 1.165) is 32.7 Å². The Morgan fingerprint density at radius 1 is 0.870 bits per heavy atom. The van der Waals surface area contributed by atoms with Gasteiger partial charge in [0.2, 0.25) is 0 Å². The lowest BCUT2D eigenvalue weighted by Crippen LogP contribution is -2.41. The second-order valence-electron chi connectivity index (χ2n) is 6.38. The number of benzene rings is 2. The normalized spacial score (nSPS) is 17.7. The van der Waals surface area contributed by atoms with E-state index in [1.807, 2.05) is 0 Å². The van der Waals surface area contributed by atoms with Gasteiger partial charge in [0.05, 0.1) is 6.54 Å². The van der Waals surface area contributed by atoms with Crippen molar-refractivity contribution >= 4 is 5.96 Å². The molecule has 0 amide bonds. The van der Waals surface area contributed by atoms with Gasteiger partial charge in [0.25, 0.3) is 0 Å². The first-order chi connectivity index (χ1) is 11.4. The molecule has 0 N–H and O–H groups in total. The van der Waals surface area contributed by atoms with E-state index in [9.17, 15) is 0 Å². The molecular formula is C20H23N3. The molecule has 0 aliphatic carbocycles. The summed E-state index contributed by atoms with van der Waals surface area (Å²) in [4.78, 5) is 9.73. The second-order valence-corrected chi connectivity index (χ2v) is 6.38. The molecule has 2 aromatic carbocycles. The summed E-state index contributed by atoms with van der Waals surface area (Å²) < 4.78 is 0. The van der Waals surface area contributed by atoms with Gasteiger partial charge in [-0.3, -0.25) is 4.99 Å². The fourth-order valence-electron chi connectivity index (χ4n) is 3.60. The first kappa shape index (κ1) is 14.3. The minimum absolute atomic E-state index is 0.917. The lowest BCUT2D eigenvalue weighted by molar-refractivity contribution is 0.332. The molecule has 2 aromatic rings. The lowest BCUT2D eigenvalue weighted by Gasteiger charge is -2.30. The average Bonchev–Trinajstić information content (AvgIpc) is 2.93. The van der Waals surface area contributed by atoms with Crippen molar-refractivity contribution in [1.82, 2.24) is 9.80 Å². The fraction of sp³-hybridized carbons (Fsp3) is 0.350. The van der Waals surface area contributed by atoms with Crippen LogP contribution in [0.4, 0.5) is 0 Å². The Bertz CT molecular complexity index is 693. The predicted octanol–water partition coefficient (Wildman–Crippen LogP) is 3.31. The first-order valence-electron chi connectivity index (χ1n) is 8.55. The van der Waals surface area contributed by atoms with E-state index < -0.39 is 0 Å². The van der Waals surface area contributed by atoms with Gasteiger partial charge in [0, 0.05) is 26.2 Å². The summed E-state index contributed by atoms with van der Waals surface area (Å²) in [6, 6.07) is 19.6. The molecule has 0 aromatic heterocycles. The van der Waals surface area contributed by atoms with Crippen LogP contribution in [0.25, 0.3) is 0 Å². The van der Waals surface area contributed by atoms with Crippen molar-refractivity contribution in [2.75, 3.05) is 19.6 Å². The van der Waals surface area contributed by atoms with E-state index in [1.54, 1.807) is 0 Å². The number of nitrogens with zero attached hydrogens (tertiary/aromatic N) is 3. The summed E-state index contributed by atoms with van der Waals surface area (Å²) in [5.41, 5.74) is 4.32. The molecule has 0 saturated heterocycles. The van der Waals surface area contributed by atoms with Crippen LogP contribution in [0.3, 0.4) is 0 Å². The van der Waals surface area contributed by atoms with Crippen LogP contribution in [-0.4, -0.2) is 35.4 Å². The van der Waals surface area contributed by atoms with Gasteiger partial charge in [-0.15, -0.1) is 0 Å². The van der Waals surface area contributed by atoms with Crippen molar-refractivity contribution in [2.24, 2.45) is 4.99 Å². The minimum atomic E-state index is 0.917. The third kappa shape index (κ3) is 3.09. The molecule has 0 saturated carbocycles. The SMILES string of the molecule is c1ccc(CN2CCN=C2N2CCCc3ccccc3C2)cc1. The summed E-state index contributed by atoms with van der Waals surface area (Å²) in [6.45, 7) is 4.99. The molecule has 2 heterocycles. The highest BCUT2D eigenvalue weighted by atomic mass is 15.4. The zero-order chi connectivity index (χ0) is 15.5. The van der Waals surface area contributed by atoms with Gasteiger partial charge in [-0.05, 0) is 29.5 Å². The highest BCUT2D eigenvalue weighted by Crippen LogP contribution is 2.21. The smallest absolute Gasteiger partial charge is 0.197 e. The molecule has 2 aliphatic heterocycles. The molecule has 0 radical (unpaired) electrons. The molecule has 0 unspecified atom stereocenters. The number of rotatable bonds is 2. The molecule has 3 nitrogen and oxygen atoms in total. The zero-order valence-electron chi connectivity index (χ0n) is 13.5. The van der Waals surface area contributed by atoms with Crippen LogP contribution in [0.2, 0.25) is 0 Å². The largest absolute Gasteiger partial charge is 0.338 e. The fourth-order valence-corrected chi connectivity index (χ4v) is 3.60. The Kier molecular flexibility index (Phi) is 4.01. The average molecular weight is 305 g/mol. The molecule has 2 aliphatic rings. The van der Waals surface area contributed by atoms with Crippen LogP contribution in [0, 0.1) is 0 Å². The van der Waals surface area contributed by atoms with Crippen LogP contribution in [0.5, 0.6) is 0 Å². The summed E-state index contributed by atoms with van der Waals surface area (Å²) in [5, 5.41) is 0. The monoisotopic (exact) mass is 305 g/mol. The van der Waals surface area contributed by atoms with Gasteiger partial charge in [-0.1, -0.05) is 54.6 Å². The van der Waals surface area contributed by atoms with E-state index in [4.69, 9.17) is 4.99 Å². The maximum atomic E-state index is 4.82. The summed E-state index contributed by atoms with van der Waals surface area (Å²) in [7, 11) is 0. The van der Waals surface area contributed by atoms with Crippen molar-refractivity contribution in [2.45, 2.75) is 25.9 Å². The van der Waals surface area contributed by atoms with Crippen molar-refractivity contribution in [3.05, 3.63) is 71.3 Å². The van der Waals surface area contributed by atoms with Crippen LogP contribution >= 0.6 is 0 Å². The first-order valence-corrected chi connectivity index (χ1v) is 8.55. The third-order valence-corrected chi connectivity index (χ3v) is 4.76. The Morgan fingerprint density at radius 2 is 1.65 bits per heavy atom. The number of hydrogen-bond acceptors (Lipinski definition) is 3. The molecular weight excluding hydrogens is 282 g/mol. The van der Waals surface area contributed by atoms with Gasteiger partial charge in [-0.2, -0.15) is 0 Å². The number of fused-ring (bicyclic) bond motifs is 1. The number of guanidine groups is 1. The van der Waals surface area contributed by atoms with Crippen molar-refractivity contribution in [1.29, 1.82) is 0 Å². The maximum absolute atomic E-state index is 4.82. The highest BCUT2D eigenvalue weighted by Gasteiger charge is 2.25. The van der Waals surface area contributed by atoms with Crippen molar-refractivity contribution in [3.8, 4) is 0 Å². The standard InChI is InChI=1S/C20H23N3/c1-2-7-17(8-3-1)15-23-14-12-21-20(23)22-13-6-11-18-9-4-5-10-19(18)16-22/h1-5,7-10H,6,11-16H2. The Labute approximate surface area is 138 Å². The molecule has 23 heavy (non-hydrogen) atoms. The Balaban J connectivity index is 1.52.